The molecule has 0 radical (unpaired) electrons. The zero-order valence-corrected chi connectivity index (χ0v) is 21.1. The number of carbonyl (C=O) groups is 3. The standard InChI is InChI=1S/C14H24O3.C11H21NO3/c1-12(2)8-9-14(16)7-5-11-17-10-4-6-13(3)15;1-10(2)9-12-15-8-7-14-6-4-5-11(3)13/h8-9,12H,4-7,10-11H2,1-3H3;9-10H,4-8H2,1-3H3/b9-8+;. The number of carbonyl (C=O) groups excluding carboxylic acids is 3. The lowest BCUT2D eigenvalue weighted by molar-refractivity contribution is -0.118. The zero-order valence-electron chi connectivity index (χ0n) is 21.1. The molecular weight excluding hydrogens is 410 g/mol. The molecule has 0 saturated heterocycles. The van der Waals surface area contributed by atoms with Crippen molar-refractivity contribution >= 4 is 23.6 Å². The summed E-state index contributed by atoms with van der Waals surface area (Å²) in [5.74, 6) is 1.38. The van der Waals surface area contributed by atoms with E-state index in [9.17, 15) is 14.4 Å². The van der Waals surface area contributed by atoms with E-state index >= 15 is 0 Å². The van der Waals surface area contributed by atoms with Crippen LogP contribution in [0.4, 0.5) is 0 Å². The Balaban J connectivity index is 0. The van der Waals surface area contributed by atoms with Gasteiger partial charge in [-0.1, -0.05) is 38.9 Å². The van der Waals surface area contributed by atoms with E-state index in [-0.39, 0.29) is 17.3 Å². The highest BCUT2D eigenvalue weighted by molar-refractivity contribution is 5.89. The van der Waals surface area contributed by atoms with Crippen molar-refractivity contribution in [1.29, 1.82) is 0 Å². The van der Waals surface area contributed by atoms with Gasteiger partial charge in [0, 0.05) is 45.3 Å². The Morgan fingerprint density at radius 2 is 1.22 bits per heavy atom. The van der Waals surface area contributed by atoms with Gasteiger partial charge in [0.2, 0.25) is 0 Å². The average molecular weight is 456 g/mol. The van der Waals surface area contributed by atoms with Crippen LogP contribution in [0.15, 0.2) is 17.3 Å². The summed E-state index contributed by atoms with van der Waals surface area (Å²) in [4.78, 5) is 37.5. The van der Waals surface area contributed by atoms with Gasteiger partial charge in [-0.2, -0.15) is 0 Å². The Labute approximate surface area is 194 Å². The molecule has 0 fully saturated rings. The third-order valence-electron chi connectivity index (χ3n) is 3.77. The van der Waals surface area contributed by atoms with Crippen LogP contribution in [0.25, 0.3) is 0 Å². The van der Waals surface area contributed by atoms with Crippen LogP contribution < -0.4 is 0 Å². The van der Waals surface area contributed by atoms with Crippen LogP contribution in [0.3, 0.4) is 0 Å². The molecule has 0 spiro atoms. The molecule has 0 N–H and O–H groups in total. The second kappa shape index (κ2) is 23.8. The number of allylic oxidation sites excluding steroid dienone is 2. The molecule has 0 aliphatic heterocycles. The summed E-state index contributed by atoms with van der Waals surface area (Å²) in [7, 11) is 0. The second-order valence-corrected chi connectivity index (χ2v) is 8.34. The Morgan fingerprint density at radius 3 is 1.69 bits per heavy atom. The predicted octanol–water partition coefficient (Wildman–Crippen LogP) is 4.96. The van der Waals surface area contributed by atoms with Gasteiger partial charge in [-0.15, -0.1) is 0 Å². The molecule has 0 aliphatic rings. The first-order valence-electron chi connectivity index (χ1n) is 11.7. The van der Waals surface area contributed by atoms with E-state index in [1.807, 2.05) is 33.8 Å². The van der Waals surface area contributed by atoms with Gasteiger partial charge in [-0.25, -0.2) is 0 Å². The van der Waals surface area contributed by atoms with Crippen molar-refractivity contribution in [2.75, 3.05) is 33.0 Å². The summed E-state index contributed by atoms with van der Waals surface area (Å²) >= 11 is 0. The molecule has 0 aromatic carbocycles. The molecule has 0 rings (SSSR count). The maximum Gasteiger partial charge on any atom is 0.155 e. The van der Waals surface area contributed by atoms with Crippen LogP contribution in [0.5, 0.6) is 0 Å². The van der Waals surface area contributed by atoms with Crippen LogP contribution >= 0.6 is 0 Å². The van der Waals surface area contributed by atoms with Crippen LogP contribution in [0.1, 0.15) is 80.1 Å². The quantitative estimate of drug-likeness (QED) is 0.118. The number of oxime groups is 1. The summed E-state index contributed by atoms with van der Waals surface area (Å²) in [5, 5.41) is 3.76. The highest BCUT2D eigenvalue weighted by atomic mass is 16.6. The summed E-state index contributed by atoms with van der Waals surface area (Å²) < 4.78 is 10.6. The fourth-order valence-electron chi connectivity index (χ4n) is 2.10. The number of rotatable bonds is 19. The van der Waals surface area contributed by atoms with Gasteiger partial charge in [0.15, 0.2) is 5.78 Å². The minimum Gasteiger partial charge on any atom is -0.394 e. The van der Waals surface area contributed by atoms with Gasteiger partial charge in [0.1, 0.15) is 18.2 Å². The van der Waals surface area contributed by atoms with Crippen molar-refractivity contribution in [3.63, 3.8) is 0 Å². The van der Waals surface area contributed by atoms with Gasteiger partial charge in [-0.3, -0.25) is 4.79 Å². The molecule has 186 valence electrons. The molecule has 0 heterocycles. The van der Waals surface area contributed by atoms with Crippen molar-refractivity contribution in [1.82, 2.24) is 0 Å². The lowest BCUT2D eigenvalue weighted by Gasteiger charge is -2.02. The van der Waals surface area contributed by atoms with E-state index in [4.69, 9.17) is 14.3 Å². The fourth-order valence-corrected chi connectivity index (χ4v) is 2.10. The summed E-state index contributed by atoms with van der Waals surface area (Å²) in [6.45, 7) is 14.1. The molecule has 0 amide bonds. The van der Waals surface area contributed by atoms with E-state index in [1.54, 1.807) is 26.1 Å². The van der Waals surface area contributed by atoms with Gasteiger partial charge in [0.25, 0.3) is 0 Å². The van der Waals surface area contributed by atoms with Crippen molar-refractivity contribution < 1.29 is 28.7 Å². The molecule has 0 unspecified atom stereocenters. The molecule has 0 aliphatic carbocycles. The molecule has 0 atom stereocenters. The number of hydrogen-bond acceptors (Lipinski definition) is 7. The van der Waals surface area contributed by atoms with Crippen molar-refractivity contribution in [3.05, 3.63) is 12.2 Å². The molecule has 0 aromatic rings. The van der Waals surface area contributed by atoms with Crippen LogP contribution in [-0.4, -0.2) is 56.6 Å². The van der Waals surface area contributed by atoms with E-state index in [2.05, 4.69) is 5.16 Å². The lowest BCUT2D eigenvalue weighted by Crippen LogP contribution is -2.04. The highest BCUT2D eigenvalue weighted by Crippen LogP contribution is 1.99. The fraction of sp³-hybridized carbons (Fsp3) is 0.760. The third kappa shape index (κ3) is 32.8. The van der Waals surface area contributed by atoms with Crippen molar-refractivity contribution in [2.45, 2.75) is 80.1 Å². The van der Waals surface area contributed by atoms with E-state index in [1.165, 1.54) is 0 Å². The third-order valence-corrected chi connectivity index (χ3v) is 3.77. The van der Waals surface area contributed by atoms with E-state index < -0.39 is 0 Å². The van der Waals surface area contributed by atoms with Crippen molar-refractivity contribution in [3.8, 4) is 0 Å². The largest absolute Gasteiger partial charge is 0.394 e. The summed E-state index contributed by atoms with van der Waals surface area (Å²) in [6.07, 6.45) is 9.33. The Morgan fingerprint density at radius 1 is 0.719 bits per heavy atom. The van der Waals surface area contributed by atoms with Gasteiger partial charge < -0.3 is 23.9 Å². The normalized spacial score (nSPS) is 11.2. The van der Waals surface area contributed by atoms with Crippen LogP contribution in [-0.2, 0) is 28.7 Å². The first-order chi connectivity index (χ1) is 15.1. The molecular formula is C25H45NO6. The van der Waals surface area contributed by atoms with E-state index in [0.29, 0.717) is 64.1 Å². The highest BCUT2D eigenvalue weighted by Gasteiger charge is 1.98. The molecule has 0 bridgehead atoms. The monoisotopic (exact) mass is 455 g/mol. The van der Waals surface area contributed by atoms with Crippen molar-refractivity contribution in [2.24, 2.45) is 17.0 Å². The SMILES string of the molecule is CC(=O)CCCOCCCC(=O)/C=C/C(C)C.CC(=O)CCCOCCON=CC(C)C. The van der Waals surface area contributed by atoms with E-state index in [0.717, 1.165) is 19.3 Å². The van der Waals surface area contributed by atoms with Crippen LogP contribution in [0.2, 0.25) is 0 Å². The average Bonchev–Trinajstić information content (AvgIpc) is 2.70. The first-order valence-corrected chi connectivity index (χ1v) is 11.7. The molecule has 7 heteroatoms. The smallest absolute Gasteiger partial charge is 0.155 e. The second-order valence-electron chi connectivity index (χ2n) is 8.34. The Kier molecular flexibility index (Phi) is 24.0. The van der Waals surface area contributed by atoms with Gasteiger partial charge in [-0.05, 0) is 51.0 Å². The molecule has 0 saturated carbocycles. The maximum atomic E-state index is 11.3. The minimum atomic E-state index is 0.158. The topological polar surface area (TPSA) is 91.3 Å². The predicted molar refractivity (Wildman–Crippen MR) is 129 cm³/mol. The Hall–Kier alpha value is -1.86. The number of nitrogens with zero attached hydrogens (tertiary/aromatic N) is 1. The number of Topliss-reactive ketones (excluding diaryl/α,β-unsaturated/α-hetero) is 2. The van der Waals surface area contributed by atoms with Gasteiger partial charge >= 0.3 is 0 Å². The first kappa shape index (κ1) is 32.3. The maximum absolute atomic E-state index is 11.3. The molecule has 32 heavy (non-hydrogen) atoms. The lowest BCUT2D eigenvalue weighted by atomic mass is 10.1. The minimum absolute atomic E-state index is 0.158. The number of hydrogen-bond donors (Lipinski definition) is 0. The van der Waals surface area contributed by atoms with Gasteiger partial charge in [0.05, 0.1) is 6.61 Å². The number of ketones is 3. The zero-order chi connectivity index (χ0) is 24.6. The Bertz CT molecular complexity index is 541. The summed E-state index contributed by atoms with van der Waals surface area (Å²) in [5.41, 5.74) is 0. The van der Waals surface area contributed by atoms with Crippen LogP contribution in [0, 0.1) is 11.8 Å². The number of ether oxygens (including phenoxy) is 2. The molecule has 7 nitrogen and oxygen atoms in total. The summed E-state index contributed by atoms with van der Waals surface area (Å²) in [6, 6.07) is 0. The molecule has 0 aromatic heterocycles.